The summed E-state index contributed by atoms with van der Waals surface area (Å²) in [5.41, 5.74) is 1.05. The van der Waals surface area contributed by atoms with Crippen LogP contribution in [0.3, 0.4) is 0 Å². The van der Waals surface area contributed by atoms with Gasteiger partial charge in [0.05, 0.1) is 0 Å². The van der Waals surface area contributed by atoms with Crippen LogP contribution in [0.15, 0.2) is 42.6 Å². The molecule has 0 aliphatic heterocycles. The lowest BCUT2D eigenvalue weighted by Crippen LogP contribution is -2.17. The molecule has 0 aliphatic rings. The molecule has 0 radical (unpaired) electrons. The number of aromatic amines is 1. The Kier molecular flexibility index (Phi) is 3.29. The highest BCUT2D eigenvalue weighted by Gasteiger charge is 2.31. The third kappa shape index (κ3) is 3.04. The molecule has 0 bridgehead atoms. The molecule has 2 N–H and O–H groups in total. The minimum atomic E-state index is -4.71. The fourth-order valence-corrected chi connectivity index (χ4v) is 1.55. The maximum absolute atomic E-state index is 11.9. The average Bonchev–Trinajstić information content (AvgIpc) is 2.80. The first-order chi connectivity index (χ1) is 8.46. The predicted molar refractivity (Wildman–Crippen MR) is 58.0 cm³/mol. The van der Waals surface area contributed by atoms with Crippen molar-refractivity contribution in [1.82, 2.24) is 4.98 Å². The number of aliphatic hydroxyl groups is 1. The van der Waals surface area contributed by atoms with Crippen LogP contribution in [0.25, 0.3) is 0 Å². The van der Waals surface area contributed by atoms with Crippen molar-refractivity contribution < 1.29 is 23.0 Å². The molecule has 0 spiro atoms. The molecule has 0 saturated carbocycles. The number of benzene rings is 1. The molecule has 1 atom stereocenters. The second kappa shape index (κ2) is 4.73. The predicted octanol–water partition coefficient (Wildman–Crippen LogP) is 3.00. The summed E-state index contributed by atoms with van der Waals surface area (Å²) in [6, 6.07) is 8.49. The smallest absolute Gasteiger partial charge is 0.406 e. The van der Waals surface area contributed by atoms with Gasteiger partial charge in [-0.25, -0.2) is 0 Å². The monoisotopic (exact) mass is 257 g/mol. The van der Waals surface area contributed by atoms with Gasteiger partial charge in [-0.05, 0) is 29.8 Å². The van der Waals surface area contributed by atoms with E-state index in [1.807, 2.05) is 0 Å². The fourth-order valence-electron chi connectivity index (χ4n) is 1.55. The Balaban J connectivity index is 2.13. The van der Waals surface area contributed by atoms with Crippen molar-refractivity contribution in [3.8, 4) is 5.75 Å². The molecule has 0 saturated heterocycles. The molecular formula is C12H10F3NO2. The van der Waals surface area contributed by atoms with Gasteiger partial charge in [-0.3, -0.25) is 0 Å². The number of H-pyrrole nitrogens is 1. The van der Waals surface area contributed by atoms with E-state index in [0.717, 1.165) is 12.1 Å². The van der Waals surface area contributed by atoms with Gasteiger partial charge in [0.25, 0.3) is 0 Å². The summed E-state index contributed by atoms with van der Waals surface area (Å²) in [6.07, 6.45) is -3.96. The number of alkyl halides is 3. The number of halogens is 3. The van der Waals surface area contributed by atoms with E-state index < -0.39 is 12.5 Å². The maximum atomic E-state index is 11.9. The van der Waals surface area contributed by atoms with Crippen LogP contribution in [0, 0.1) is 0 Å². The van der Waals surface area contributed by atoms with Crippen LogP contribution in [-0.2, 0) is 0 Å². The van der Waals surface area contributed by atoms with Gasteiger partial charge in [0.1, 0.15) is 11.9 Å². The van der Waals surface area contributed by atoms with Crippen molar-refractivity contribution in [2.45, 2.75) is 12.5 Å². The van der Waals surface area contributed by atoms with Crippen LogP contribution in [0.2, 0.25) is 0 Å². The quantitative estimate of drug-likeness (QED) is 0.887. The summed E-state index contributed by atoms with van der Waals surface area (Å²) in [7, 11) is 0. The molecule has 18 heavy (non-hydrogen) atoms. The first-order valence-electron chi connectivity index (χ1n) is 5.13. The summed E-state index contributed by atoms with van der Waals surface area (Å²) in [4.78, 5) is 2.83. The van der Waals surface area contributed by atoms with Gasteiger partial charge in [0.2, 0.25) is 0 Å². The third-order valence-corrected chi connectivity index (χ3v) is 2.35. The standard InChI is InChI=1S/C12H10F3NO2/c13-12(14,15)18-9-5-3-8(4-6-9)11(17)10-2-1-7-16-10/h1-7,11,16-17H. The highest BCUT2D eigenvalue weighted by Crippen LogP contribution is 2.26. The van der Waals surface area contributed by atoms with Crippen molar-refractivity contribution in [3.63, 3.8) is 0 Å². The molecule has 0 fully saturated rings. The molecule has 96 valence electrons. The number of ether oxygens (including phenoxy) is 1. The zero-order valence-corrected chi connectivity index (χ0v) is 9.11. The highest BCUT2D eigenvalue weighted by molar-refractivity contribution is 5.32. The Hall–Kier alpha value is -1.95. The molecule has 1 aromatic heterocycles. The van der Waals surface area contributed by atoms with Crippen molar-refractivity contribution >= 4 is 0 Å². The molecule has 1 unspecified atom stereocenters. The Labute approximate surface area is 101 Å². The van der Waals surface area contributed by atoms with E-state index in [4.69, 9.17) is 0 Å². The molecule has 6 heteroatoms. The Bertz CT molecular complexity index is 491. The Morgan fingerprint density at radius 3 is 2.28 bits per heavy atom. The van der Waals surface area contributed by atoms with Crippen molar-refractivity contribution in [3.05, 3.63) is 53.9 Å². The van der Waals surface area contributed by atoms with Gasteiger partial charge in [0, 0.05) is 11.9 Å². The van der Waals surface area contributed by atoms with Crippen LogP contribution in [0.4, 0.5) is 13.2 Å². The minimum Gasteiger partial charge on any atom is -0.406 e. The number of hydrogen-bond donors (Lipinski definition) is 2. The molecule has 1 aromatic carbocycles. The Morgan fingerprint density at radius 2 is 1.78 bits per heavy atom. The van der Waals surface area contributed by atoms with E-state index in [-0.39, 0.29) is 5.75 Å². The van der Waals surface area contributed by atoms with E-state index in [2.05, 4.69) is 9.72 Å². The van der Waals surface area contributed by atoms with Crippen LogP contribution in [-0.4, -0.2) is 16.5 Å². The van der Waals surface area contributed by atoms with Gasteiger partial charge in [-0.15, -0.1) is 13.2 Å². The fraction of sp³-hybridized carbons (Fsp3) is 0.167. The zero-order chi connectivity index (χ0) is 13.2. The summed E-state index contributed by atoms with van der Waals surface area (Å²) in [5, 5.41) is 9.91. The first-order valence-corrected chi connectivity index (χ1v) is 5.13. The lowest BCUT2D eigenvalue weighted by atomic mass is 10.1. The largest absolute Gasteiger partial charge is 0.573 e. The number of aromatic nitrogens is 1. The summed E-state index contributed by atoms with van der Waals surface area (Å²) in [6.45, 7) is 0. The molecule has 1 heterocycles. The topological polar surface area (TPSA) is 45.2 Å². The molecule has 2 rings (SSSR count). The lowest BCUT2D eigenvalue weighted by molar-refractivity contribution is -0.274. The zero-order valence-electron chi connectivity index (χ0n) is 9.11. The lowest BCUT2D eigenvalue weighted by Gasteiger charge is -2.12. The molecule has 0 amide bonds. The normalized spacial score (nSPS) is 13.3. The van der Waals surface area contributed by atoms with Crippen molar-refractivity contribution in [2.75, 3.05) is 0 Å². The third-order valence-electron chi connectivity index (χ3n) is 2.35. The van der Waals surface area contributed by atoms with Crippen molar-refractivity contribution in [1.29, 1.82) is 0 Å². The molecule has 3 nitrogen and oxygen atoms in total. The van der Waals surface area contributed by atoms with Crippen LogP contribution < -0.4 is 4.74 Å². The number of hydrogen-bond acceptors (Lipinski definition) is 2. The van der Waals surface area contributed by atoms with E-state index >= 15 is 0 Å². The number of nitrogens with one attached hydrogen (secondary N) is 1. The SMILES string of the molecule is OC(c1ccc(OC(F)(F)F)cc1)c1ccc[nH]1. The first kappa shape index (κ1) is 12.5. The minimum absolute atomic E-state index is 0.315. The summed E-state index contributed by atoms with van der Waals surface area (Å²) < 4.78 is 39.6. The van der Waals surface area contributed by atoms with Gasteiger partial charge >= 0.3 is 6.36 Å². The average molecular weight is 257 g/mol. The number of rotatable bonds is 3. The van der Waals surface area contributed by atoms with Crippen LogP contribution in [0.1, 0.15) is 17.4 Å². The van der Waals surface area contributed by atoms with E-state index in [1.165, 1.54) is 12.1 Å². The van der Waals surface area contributed by atoms with E-state index in [0.29, 0.717) is 11.3 Å². The van der Waals surface area contributed by atoms with Gasteiger partial charge < -0.3 is 14.8 Å². The van der Waals surface area contributed by atoms with Gasteiger partial charge in [0.15, 0.2) is 0 Å². The van der Waals surface area contributed by atoms with Crippen LogP contribution >= 0.6 is 0 Å². The summed E-state index contributed by atoms with van der Waals surface area (Å²) >= 11 is 0. The Morgan fingerprint density at radius 1 is 1.11 bits per heavy atom. The molecule has 2 aromatic rings. The van der Waals surface area contributed by atoms with Crippen LogP contribution in [0.5, 0.6) is 5.75 Å². The molecule has 0 aliphatic carbocycles. The maximum Gasteiger partial charge on any atom is 0.573 e. The van der Waals surface area contributed by atoms with E-state index in [9.17, 15) is 18.3 Å². The number of aliphatic hydroxyl groups excluding tert-OH is 1. The summed E-state index contributed by atoms with van der Waals surface area (Å²) in [5.74, 6) is -0.315. The molecular weight excluding hydrogens is 247 g/mol. The van der Waals surface area contributed by atoms with Crippen molar-refractivity contribution in [2.24, 2.45) is 0 Å². The van der Waals surface area contributed by atoms with Gasteiger partial charge in [-0.1, -0.05) is 12.1 Å². The second-order valence-corrected chi connectivity index (χ2v) is 3.64. The van der Waals surface area contributed by atoms with E-state index in [1.54, 1.807) is 18.3 Å². The highest BCUT2D eigenvalue weighted by atomic mass is 19.4. The second-order valence-electron chi connectivity index (χ2n) is 3.64. The van der Waals surface area contributed by atoms with Gasteiger partial charge in [-0.2, -0.15) is 0 Å².